The van der Waals surface area contributed by atoms with Crippen molar-refractivity contribution in [2.75, 3.05) is 39.5 Å². The van der Waals surface area contributed by atoms with Crippen molar-refractivity contribution in [2.24, 2.45) is 0 Å². The number of rotatable bonds is 6. The molecule has 0 heterocycles. The zero-order valence-electron chi connectivity index (χ0n) is 8.15. The van der Waals surface area contributed by atoms with Gasteiger partial charge in [-0.3, -0.25) is 4.90 Å². The fourth-order valence-corrected chi connectivity index (χ4v) is 0.760. The molecule has 0 aromatic carbocycles. The molecule has 5 N–H and O–H groups in total. The molecule has 15 heavy (non-hydrogen) atoms. The molecule has 0 saturated heterocycles. The van der Waals surface area contributed by atoms with Crippen LogP contribution in [0.4, 0.5) is 0 Å². The Morgan fingerprint density at radius 3 is 1.13 bits per heavy atom. The van der Waals surface area contributed by atoms with Crippen LogP contribution in [0, 0.1) is 0 Å². The fraction of sp³-hybridized carbons (Fsp3) is 1.00. The van der Waals surface area contributed by atoms with Gasteiger partial charge in [-0.1, -0.05) is 0 Å². The first-order chi connectivity index (χ1) is 6.85. The van der Waals surface area contributed by atoms with Crippen molar-refractivity contribution < 1.29 is 44.9 Å². The predicted molar refractivity (Wildman–Crippen MR) is 43.5 cm³/mol. The molecule has 9 heteroatoms. The molecule has 0 spiro atoms. The molecule has 0 aromatic rings. The summed E-state index contributed by atoms with van der Waals surface area (Å²) in [6, 6.07) is 0. The first kappa shape index (κ1) is 17.3. The van der Waals surface area contributed by atoms with Gasteiger partial charge in [-0.2, -0.15) is 0 Å². The van der Waals surface area contributed by atoms with E-state index < -0.39 is 13.6 Å². The van der Waals surface area contributed by atoms with E-state index in [1.807, 2.05) is 0 Å². The van der Waals surface area contributed by atoms with E-state index in [1.54, 1.807) is 4.90 Å². The van der Waals surface area contributed by atoms with E-state index in [-0.39, 0.29) is 19.8 Å². The monoisotopic (exact) mass is 267 g/mol. The minimum atomic E-state index is -5.25. The molecule has 0 aliphatic rings. The van der Waals surface area contributed by atoms with E-state index in [0.717, 1.165) is 0 Å². The summed E-state index contributed by atoms with van der Waals surface area (Å²) in [5.74, 6) is 0. The maximum atomic E-state index is 8.82. The summed E-state index contributed by atoms with van der Waals surface area (Å²) in [6.07, 6.45) is 0. The SMILES string of the molecule is OCCN(CCO)CCO.[O]=[Cr](=[O])([OH])[OH]. The van der Waals surface area contributed by atoms with Crippen LogP contribution in [0.2, 0.25) is 0 Å². The Balaban J connectivity index is 0. The number of nitrogens with zero attached hydrogens (tertiary/aromatic N) is 1. The Morgan fingerprint density at radius 2 is 1.00 bits per heavy atom. The molecule has 0 amide bonds. The summed E-state index contributed by atoms with van der Waals surface area (Å²) >= 11 is -5.25. The third-order valence-electron chi connectivity index (χ3n) is 1.25. The second-order valence-corrected chi connectivity index (χ2v) is 3.86. The summed E-state index contributed by atoms with van der Waals surface area (Å²) in [4.78, 5) is 1.79. The Morgan fingerprint density at radius 1 is 0.800 bits per heavy atom. The Bertz CT molecular complexity index is 195. The van der Waals surface area contributed by atoms with Gasteiger partial charge in [0, 0.05) is 19.6 Å². The molecule has 0 aliphatic carbocycles. The van der Waals surface area contributed by atoms with Gasteiger partial charge in [0.05, 0.1) is 19.8 Å². The van der Waals surface area contributed by atoms with Crippen molar-refractivity contribution in [1.82, 2.24) is 4.90 Å². The molecule has 0 radical (unpaired) electrons. The quantitative estimate of drug-likeness (QED) is 0.341. The Labute approximate surface area is 89.8 Å². The molecule has 0 rings (SSSR count). The van der Waals surface area contributed by atoms with Crippen LogP contribution in [0.3, 0.4) is 0 Å². The first-order valence-electron chi connectivity index (χ1n) is 4.10. The standard InChI is InChI=1S/C6H15NO3.Cr.2H2O.2O/c8-4-1-7(2-5-9)3-6-10;;;;;/h8-10H,1-6H2;;2*1H2;;/q;+2;;;;/p-2. The second-order valence-electron chi connectivity index (χ2n) is 2.46. The normalized spacial score (nSPS) is 11.1. The summed E-state index contributed by atoms with van der Waals surface area (Å²) in [7, 11) is 0. The molecule has 0 bridgehead atoms. The van der Waals surface area contributed by atoms with Gasteiger partial charge >= 0.3 is 29.5 Å². The van der Waals surface area contributed by atoms with E-state index in [9.17, 15) is 0 Å². The van der Waals surface area contributed by atoms with E-state index >= 15 is 0 Å². The van der Waals surface area contributed by atoms with Gasteiger partial charge in [0.1, 0.15) is 0 Å². The number of hydrogen-bond donors (Lipinski definition) is 5. The fourth-order valence-electron chi connectivity index (χ4n) is 0.760. The van der Waals surface area contributed by atoms with Gasteiger partial charge in [-0.15, -0.1) is 0 Å². The predicted octanol–water partition coefficient (Wildman–Crippen LogP) is -3.09. The van der Waals surface area contributed by atoms with Gasteiger partial charge in [-0.05, 0) is 0 Å². The van der Waals surface area contributed by atoms with E-state index in [4.69, 9.17) is 31.2 Å². The van der Waals surface area contributed by atoms with Crippen molar-refractivity contribution in [3.63, 3.8) is 0 Å². The molecule has 0 unspecified atom stereocenters. The van der Waals surface area contributed by atoms with Crippen LogP contribution in [0.15, 0.2) is 0 Å². The molecule has 8 nitrogen and oxygen atoms in total. The van der Waals surface area contributed by atoms with Gasteiger partial charge in [0.15, 0.2) is 0 Å². The Hall–Kier alpha value is -0.108. The molecule has 0 aliphatic heterocycles. The van der Waals surface area contributed by atoms with Crippen LogP contribution in [0.5, 0.6) is 0 Å². The molecule has 94 valence electrons. The third kappa shape index (κ3) is 24.8. The van der Waals surface area contributed by atoms with Crippen molar-refractivity contribution in [3.05, 3.63) is 0 Å². The van der Waals surface area contributed by atoms with Crippen LogP contribution in [0.25, 0.3) is 0 Å². The van der Waals surface area contributed by atoms with Gasteiger partial charge < -0.3 is 15.3 Å². The van der Waals surface area contributed by atoms with Crippen LogP contribution < -0.4 is 0 Å². The van der Waals surface area contributed by atoms with E-state index in [1.165, 1.54) is 0 Å². The van der Waals surface area contributed by atoms with Gasteiger partial charge in [0.2, 0.25) is 0 Å². The topological polar surface area (TPSA) is 139 Å². The average molecular weight is 267 g/mol. The second kappa shape index (κ2) is 10.4. The van der Waals surface area contributed by atoms with Crippen LogP contribution >= 0.6 is 0 Å². The van der Waals surface area contributed by atoms with E-state index in [0.29, 0.717) is 19.6 Å². The Kier molecular flexibility index (Phi) is 12.0. The first-order valence-corrected chi connectivity index (χ1v) is 6.28. The van der Waals surface area contributed by atoms with Gasteiger partial charge in [-0.25, -0.2) is 0 Å². The number of hydrogen-bond acceptors (Lipinski definition) is 6. The summed E-state index contributed by atoms with van der Waals surface area (Å²) in [5, 5.41) is 25.5. The van der Waals surface area contributed by atoms with E-state index in [2.05, 4.69) is 0 Å². The van der Waals surface area contributed by atoms with Crippen LogP contribution in [-0.4, -0.2) is 68.0 Å². The summed E-state index contributed by atoms with van der Waals surface area (Å²) in [5.41, 5.74) is 0. The summed E-state index contributed by atoms with van der Waals surface area (Å²) < 4.78 is 31.9. The number of aliphatic hydroxyl groups is 3. The molecule has 0 fully saturated rings. The molecule has 0 aromatic heterocycles. The molecular formula is C6H17CrNO7. The van der Waals surface area contributed by atoms with Crippen molar-refractivity contribution >= 4 is 0 Å². The molecular weight excluding hydrogens is 250 g/mol. The zero-order chi connectivity index (χ0) is 12.3. The van der Waals surface area contributed by atoms with Gasteiger partial charge in [0.25, 0.3) is 0 Å². The van der Waals surface area contributed by atoms with Crippen molar-refractivity contribution in [3.8, 4) is 0 Å². The summed E-state index contributed by atoms with van der Waals surface area (Å²) in [6.45, 7) is 1.75. The van der Waals surface area contributed by atoms with Crippen LogP contribution in [0.1, 0.15) is 0 Å². The minimum absolute atomic E-state index is 0.0694. The zero-order valence-corrected chi connectivity index (χ0v) is 9.43. The third-order valence-corrected chi connectivity index (χ3v) is 1.25. The molecule has 0 saturated carbocycles. The van der Waals surface area contributed by atoms with Crippen molar-refractivity contribution in [2.45, 2.75) is 0 Å². The average Bonchev–Trinajstić information content (AvgIpc) is 2.02. The van der Waals surface area contributed by atoms with Crippen molar-refractivity contribution in [1.29, 1.82) is 0 Å². The van der Waals surface area contributed by atoms with Crippen LogP contribution in [-0.2, 0) is 21.2 Å². The number of aliphatic hydroxyl groups excluding tert-OH is 3. The molecule has 0 atom stereocenters. The maximum absolute atomic E-state index is 8.82.